The Labute approximate surface area is 178 Å². The Hall–Kier alpha value is -3.26. The first-order chi connectivity index (χ1) is 14.7. The number of hydrogen-bond donors (Lipinski definition) is 1. The molecule has 1 heterocycles. The third kappa shape index (κ3) is 4.49. The number of aromatic nitrogens is 2. The molecule has 0 spiro atoms. The highest BCUT2D eigenvalue weighted by Crippen LogP contribution is 2.36. The number of nitrogens with zero attached hydrogens (tertiary/aromatic N) is 3. The van der Waals surface area contributed by atoms with E-state index in [1.165, 1.54) is 0 Å². The third-order valence-corrected chi connectivity index (χ3v) is 5.53. The van der Waals surface area contributed by atoms with Gasteiger partial charge in [0.1, 0.15) is 11.8 Å². The van der Waals surface area contributed by atoms with Gasteiger partial charge in [-0.2, -0.15) is 0 Å². The Morgan fingerprint density at radius 2 is 1.90 bits per heavy atom. The second-order valence-electron chi connectivity index (χ2n) is 7.11. The minimum atomic E-state index is -0.763. The minimum Gasteiger partial charge on any atom is -0.497 e. The highest BCUT2D eigenvalue weighted by Gasteiger charge is 2.42. The molecule has 0 radical (unpaired) electrons. The molecular weight excluding hydrogens is 400 g/mol. The zero-order valence-electron chi connectivity index (χ0n) is 16.5. The van der Waals surface area contributed by atoms with Crippen molar-refractivity contribution in [3.63, 3.8) is 0 Å². The van der Waals surface area contributed by atoms with Gasteiger partial charge >= 0.3 is 0 Å². The Bertz CT molecular complexity index is 989. The average molecular weight is 423 g/mol. The number of nitrogens with one attached hydrogen (secondary N) is 1. The zero-order chi connectivity index (χ0) is 20.9. The number of hydrogen-bond acceptors (Lipinski definition) is 6. The average Bonchev–Trinajstić information content (AvgIpc) is 3.47. The molecule has 1 aromatic heterocycles. The van der Waals surface area contributed by atoms with Crippen LogP contribution in [0.25, 0.3) is 0 Å². The van der Waals surface area contributed by atoms with Crippen LogP contribution in [0.1, 0.15) is 40.5 Å². The van der Waals surface area contributed by atoms with Crippen LogP contribution in [0.3, 0.4) is 0 Å². The largest absolute Gasteiger partial charge is 0.497 e. The summed E-state index contributed by atoms with van der Waals surface area (Å²) in [4.78, 5) is 28.2. The van der Waals surface area contributed by atoms with Crippen molar-refractivity contribution in [2.45, 2.75) is 31.5 Å². The van der Waals surface area contributed by atoms with Gasteiger partial charge in [-0.1, -0.05) is 47.0 Å². The third-order valence-electron chi connectivity index (χ3n) is 5.02. The van der Waals surface area contributed by atoms with Crippen LogP contribution in [-0.4, -0.2) is 39.5 Å². The van der Waals surface area contributed by atoms with E-state index < -0.39 is 6.04 Å². The van der Waals surface area contributed by atoms with Crippen LogP contribution in [0.15, 0.2) is 60.0 Å². The van der Waals surface area contributed by atoms with E-state index in [9.17, 15) is 9.59 Å². The maximum Gasteiger partial charge on any atom is 0.276 e. The molecule has 1 aliphatic carbocycles. The number of carbonyl (C=O) groups is 2. The Morgan fingerprint density at radius 3 is 2.50 bits per heavy atom. The first-order valence-corrected chi connectivity index (χ1v) is 10.6. The topological polar surface area (TPSA) is 84.4 Å². The molecule has 30 heavy (non-hydrogen) atoms. The quantitative estimate of drug-likeness (QED) is 0.603. The molecule has 2 aromatic carbocycles. The molecule has 1 unspecified atom stereocenters. The Kier molecular flexibility index (Phi) is 6.04. The molecule has 0 saturated heterocycles. The molecule has 3 aromatic rings. The molecule has 1 saturated carbocycles. The lowest BCUT2D eigenvalue weighted by Crippen LogP contribution is -2.45. The number of benzene rings is 2. The predicted molar refractivity (Wildman–Crippen MR) is 113 cm³/mol. The van der Waals surface area contributed by atoms with E-state index in [0.29, 0.717) is 12.3 Å². The minimum absolute atomic E-state index is 0.00813. The molecule has 1 fully saturated rings. The van der Waals surface area contributed by atoms with Crippen LogP contribution in [0.2, 0.25) is 0 Å². The summed E-state index contributed by atoms with van der Waals surface area (Å²) in [6.45, 7) is 0.386. The van der Waals surface area contributed by atoms with Crippen molar-refractivity contribution in [2.75, 3.05) is 7.11 Å². The van der Waals surface area contributed by atoms with Crippen LogP contribution in [0.5, 0.6) is 5.75 Å². The monoisotopic (exact) mass is 422 g/mol. The molecule has 1 atom stereocenters. The molecule has 0 bridgehead atoms. The summed E-state index contributed by atoms with van der Waals surface area (Å²) in [5, 5.41) is 8.54. The summed E-state index contributed by atoms with van der Waals surface area (Å²) in [7, 11) is 1.59. The highest BCUT2D eigenvalue weighted by atomic mass is 32.1. The van der Waals surface area contributed by atoms with Gasteiger partial charge in [0.25, 0.3) is 5.91 Å². The van der Waals surface area contributed by atoms with Crippen LogP contribution >= 0.6 is 11.5 Å². The normalized spacial score (nSPS) is 14.0. The Balaban J connectivity index is 1.64. The fourth-order valence-corrected chi connectivity index (χ4v) is 3.77. The fourth-order valence-electron chi connectivity index (χ4n) is 3.34. The molecule has 4 rings (SSSR count). The lowest BCUT2D eigenvalue weighted by molar-refractivity contribution is -0.126. The molecule has 7 nitrogen and oxygen atoms in total. The molecule has 1 aliphatic rings. The summed E-state index contributed by atoms with van der Waals surface area (Å²) in [5.41, 5.74) is 1.98. The van der Waals surface area contributed by atoms with E-state index in [1.807, 2.05) is 42.5 Å². The van der Waals surface area contributed by atoms with Crippen molar-refractivity contribution < 1.29 is 14.3 Å². The van der Waals surface area contributed by atoms with Crippen LogP contribution in [0.4, 0.5) is 0 Å². The van der Waals surface area contributed by atoms with Crippen LogP contribution in [-0.2, 0) is 11.3 Å². The molecule has 1 N–H and O–H groups in total. The summed E-state index contributed by atoms with van der Waals surface area (Å²) in [5.74, 6) is 0.185. The standard InChI is InChI=1S/C22H22N4O3S/c1-29-18-11-7-16(8-12-18)20(21(27)23-13-15-5-3-2-4-6-15)26(17-9-10-17)22(28)19-14-30-25-24-19/h2-8,11-12,14,17,20H,9-10,13H2,1H3,(H,23,27). The van der Waals surface area contributed by atoms with E-state index in [-0.39, 0.29) is 23.6 Å². The first kappa shape index (κ1) is 20.0. The van der Waals surface area contributed by atoms with Gasteiger partial charge < -0.3 is 15.0 Å². The second kappa shape index (κ2) is 9.04. The number of amides is 2. The summed E-state index contributed by atoms with van der Waals surface area (Å²) in [6.07, 6.45) is 1.73. The van der Waals surface area contributed by atoms with Crippen molar-refractivity contribution in [3.05, 3.63) is 76.8 Å². The van der Waals surface area contributed by atoms with E-state index in [0.717, 1.165) is 35.5 Å². The zero-order valence-corrected chi connectivity index (χ0v) is 17.3. The van der Waals surface area contributed by atoms with Gasteiger partial charge in [-0.15, -0.1) is 5.10 Å². The number of methoxy groups -OCH3 is 1. The molecule has 2 amide bonds. The number of ether oxygens (including phenoxy) is 1. The first-order valence-electron chi connectivity index (χ1n) is 9.72. The van der Waals surface area contributed by atoms with Crippen molar-refractivity contribution in [2.24, 2.45) is 0 Å². The summed E-state index contributed by atoms with van der Waals surface area (Å²) < 4.78 is 9.05. The lowest BCUT2D eigenvalue weighted by atomic mass is 10.0. The second-order valence-corrected chi connectivity index (χ2v) is 7.72. The highest BCUT2D eigenvalue weighted by molar-refractivity contribution is 7.03. The van der Waals surface area contributed by atoms with Gasteiger partial charge in [-0.05, 0) is 47.6 Å². The number of carbonyl (C=O) groups excluding carboxylic acids is 2. The van der Waals surface area contributed by atoms with Crippen molar-refractivity contribution in [1.82, 2.24) is 19.8 Å². The van der Waals surface area contributed by atoms with Crippen LogP contribution < -0.4 is 10.1 Å². The van der Waals surface area contributed by atoms with Gasteiger partial charge in [0, 0.05) is 18.0 Å². The smallest absolute Gasteiger partial charge is 0.276 e. The maximum atomic E-state index is 13.3. The van der Waals surface area contributed by atoms with Crippen molar-refractivity contribution >= 4 is 23.3 Å². The lowest BCUT2D eigenvalue weighted by Gasteiger charge is -2.31. The molecule has 0 aliphatic heterocycles. The van der Waals surface area contributed by atoms with Crippen molar-refractivity contribution in [1.29, 1.82) is 0 Å². The SMILES string of the molecule is COc1ccc(C(C(=O)NCc2ccccc2)N(C(=O)c2csnn2)C2CC2)cc1. The number of rotatable bonds is 8. The van der Waals surface area contributed by atoms with E-state index in [4.69, 9.17) is 4.74 Å². The summed E-state index contributed by atoms with van der Waals surface area (Å²) >= 11 is 1.12. The van der Waals surface area contributed by atoms with Gasteiger partial charge in [-0.3, -0.25) is 9.59 Å². The van der Waals surface area contributed by atoms with E-state index >= 15 is 0 Å². The van der Waals surface area contributed by atoms with E-state index in [2.05, 4.69) is 14.9 Å². The van der Waals surface area contributed by atoms with Crippen LogP contribution in [0, 0.1) is 0 Å². The van der Waals surface area contributed by atoms with Gasteiger partial charge in [0.2, 0.25) is 5.91 Å². The fraction of sp³-hybridized carbons (Fsp3) is 0.273. The van der Waals surface area contributed by atoms with Crippen molar-refractivity contribution in [3.8, 4) is 5.75 Å². The van der Waals surface area contributed by atoms with Gasteiger partial charge in [-0.25, -0.2) is 0 Å². The maximum absolute atomic E-state index is 13.3. The van der Waals surface area contributed by atoms with Gasteiger partial charge in [0.05, 0.1) is 7.11 Å². The van der Waals surface area contributed by atoms with Gasteiger partial charge in [0.15, 0.2) is 5.69 Å². The molecule has 8 heteroatoms. The molecule has 154 valence electrons. The summed E-state index contributed by atoms with van der Waals surface area (Å²) in [6, 6.07) is 16.2. The predicted octanol–water partition coefficient (Wildman–Crippen LogP) is 3.21. The Morgan fingerprint density at radius 1 is 1.17 bits per heavy atom. The molecular formula is C22H22N4O3S. The van der Waals surface area contributed by atoms with E-state index in [1.54, 1.807) is 29.5 Å².